The molecule has 0 fully saturated rings. The van der Waals surface area contributed by atoms with Gasteiger partial charge in [-0.1, -0.05) is 0 Å². The van der Waals surface area contributed by atoms with Crippen LogP contribution < -0.4 is 5.32 Å². The van der Waals surface area contributed by atoms with Crippen LogP contribution in [0.2, 0.25) is 0 Å². The molecule has 0 rings (SSSR count). The van der Waals surface area contributed by atoms with Crippen molar-refractivity contribution in [1.82, 2.24) is 10.2 Å². The van der Waals surface area contributed by atoms with Crippen LogP contribution in [-0.4, -0.2) is 41.7 Å². The summed E-state index contributed by atoms with van der Waals surface area (Å²) in [5.41, 5.74) is 0.666. The Kier molecular flexibility index (Phi) is 6.79. The summed E-state index contributed by atoms with van der Waals surface area (Å²) in [6.45, 7) is 9.57. The molecule has 1 atom stereocenters. The Balaban J connectivity index is 4.17. The van der Waals surface area contributed by atoms with Gasteiger partial charge in [-0.25, -0.2) is 0 Å². The molecule has 0 aromatic heterocycles. The lowest BCUT2D eigenvalue weighted by Gasteiger charge is -2.16. The second-order valence-corrected chi connectivity index (χ2v) is 3.59. The number of carbonyl (C=O) groups is 1. The van der Waals surface area contributed by atoms with Crippen LogP contribution in [0.15, 0.2) is 11.8 Å². The number of hydrogen-bond acceptors (Lipinski definition) is 3. The zero-order chi connectivity index (χ0) is 11.8. The first kappa shape index (κ1) is 14.0. The molecule has 2 N–H and O–H groups in total. The molecule has 1 amide bonds. The second-order valence-electron chi connectivity index (χ2n) is 3.59. The lowest BCUT2D eigenvalue weighted by molar-refractivity contribution is -0.117. The van der Waals surface area contributed by atoms with Crippen LogP contribution in [0.5, 0.6) is 0 Å². The van der Waals surface area contributed by atoms with Gasteiger partial charge in [-0.15, -0.1) is 0 Å². The summed E-state index contributed by atoms with van der Waals surface area (Å²) in [6, 6.07) is 0. The molecule has 0 saturated heterocycles. The maximum atomic E-state index is 11.5. The Morgan fingerprint density at radius 2 is 2.00 bits per heavy atom. The number of aliphatic hydroxyl groups excluding tert-OH is 1. The normalized spacial score (nSPS) is 13.5. The van der Waals surface area contributed by atoms with Crippen molar-refractivity contribution in [3.05, 3.63) is 11.8 Å². The highest BCUT2D eigenvalue weighted by Crippen LogP contribution is 1.97. The molecule has 0 aromatic rings. The zero-order valence-corrected chi connectivity index (χ0v) is 10.1. The van der Waals surface area contributed by atoms with E-state index in [1.165, 1.54) is 0 Å². The number of carbonyl (C=O) groups excluding carboxylic acids is 1. The van der Waals surface area contributed by atoms with Crippen LogP contribution in [0.1, 0.15) is 27.7 Å². The van der Waals surface area contributed by atoms with Crippen molar-refractivity contribution in [3.63, 3.8) is 0 Å². The van der Waals surface area contributed by atoms with E-state index in [4.69, 9.17) is 5.11 Å². The fourth-order valence-electron chi connectivity index (χ4n) is 1.12. The quantitative estimate of drug-likeness (QED) is 0.641. The van der Waals surface area contributed by atoms with E-state index in [-0.39, 0.29) is 5.91 Å². The summed E-state index contributed by atoms with van der Waals surface area (Å²) in [6.07, 6.45) is 1.34. The van der Waals surface area contributed by atoms with Crippen molar-refractivity contribution in [1.29, 1.82) is 0 Å². The number of nitrogens with zero attached hydrogens (tertiary/aromatic N) is 1. The second kappa shape index (κ2) is 7.29. The summed E-state index contributed by atoms with van der Waals surface area (Å²) in [5, 5.41) is 11.7. The first-order valence-corrected chi connectivity index (χ1v) is 5.40. The highest BCUT2D eigenvalue weighted by molar-refractivity contribution is 5.92. The third-order valence-corrected chi connectivity index (χ3v) is 2.10. The molecule has 1 unspecified atom stereocenters. The topological polar surface area (TPSA) is 52.6 Å². The average Bonchev–Trinajstić information content (AvgIpc) is 2.21. The van der Waals surface area contributed by atoms with Crippen LogP contribution in [0.25, 0.3) is 0 Å². The number of rotatable bonds is 6. The lowest BCUT2D eigenvalue weighted by Crippen LogP contribution is -2.31. The third-order valence-electron chi connectivity index (χ3n) is 2.10. The SMILES string of the molecule is CCN(C=C(C)C(=O)NCC(C)O)CC. The first-order valence-electron chi connectivity index (χ1n) is 5.40. The molecule has 0 aromatic carbocycles. The van der Waals surface area contributed by atoms with E-state index in [1.807, 2.05) is 20.0 Å². The van der Waals surface area contributed by atoms with Gasteiger partial charge in [0.05, 0.1) is 6.10 Å². The van der Waals surface area contributed by atoms with Gasteiger partial charge < -0.3 is 15.3 Å². The van der Waals surface area contributed by atoms with Gasteiger partial charge >= 0.3 is 0 Å². The maximum Gasteiger partial charge on any atom is 0.248 e. The molecule has 0 spiro atoms. The van der Waals surface area contributed by atoms with Crippen LogP contribution in [0.4, 0.5) is 0 Å². The Hall–Kier alpha value is -1.03. The van der Waals surface area contributed by atoms with Gasteiger partial charge in [0.25, 0.3) is 0 Å². The molecule has 0 aliphatic carbocycles. The Labute approximate surface area is 92.0 Å². The first-order chi connectivity index (χ1) is 7.01. The molecule has 15 heavy (non-hydrogen) atoms. The Bertz CT molecular complexity index is 221. The van der Waals surface area contributed by atoms with Crippen molar-refractivity contribution in [2.24, 2.45) is 0 Å². The predicted molar refractivity (Wildman–Crippen MR) is 61.4 cm³/mol. The molecule has 0 saturated carbocycles. The summed E-state index contributed by atoms with van der Waals surface area (Å²) < 4.78 is 0. The lowest BCUT2D eigenvalue weighted by atomic mass is 10.3. The molecule has 0 radical (unpaired) electrons. The number of amides is 1. The van der Waals surface area contributed by atoms with E-state index >= 15 is 0 Å². The fraction of sp³-hybridized carbons (Fsp3) is 0.727. The maximum absolute atomic E-state index is 11.5. The molecule has 4 heteroatoms. The van der Waals surface area contributed by atoms with Gasteiger partial charge in [-0.2, -0.15) is 0 Å². The minimum absolute atomic E-state index is 0.122. The molecule has 0 bridgehead atoms. The summed E-state index contributed by atoms with van der Waals surface area (Å²) >= 11 is 0. The van der Waals surface area contributed by atoms with Crippen LogP contribution >= 0.6 is 0 Å². The van der Waals surface area contributed by atoms with E-state index < -0.39 is 6.10 Å². The average molecular weight is 214 g/mol. The van der Waals surface area contributed by atoms with Gasteiger partial charge in [-0.3, -0.25) is 4.79 Å². The summed E-state index contributed by atoms with van der Waals surface area (Å²) in [5.74, 6) is -0.122. The largest absolute Gasteiger partial charge is 0.392 e. The van der Waals surface area contributed by atoms with Crippen LogP contribution in [0, 0.1) is 0 Å². The fourth-order valence-corrected chi connectivity index (χ4v) is 1.12. The number of nitrogens with one attached hydrogen (secondary N) is 1. The van der Waals surface area contributed by atoms with Gasteiger partial charge in [-0.05, 0) is 27.7 Å². The monoisotopic (exact) mass is 214 g/mol. The summed E-state index contributed by atoms with van der Waals surface area (Å²) in [4.78, 5) is 13.6. The highest BCUT2D eigenvalue weighted by atomic mass is 16.3. The molecule has 0 aliphatic heterocycles. The minimum Gasteiger partial charge on any atom is -0.392 e. The Morgan fingerprint density at radius 3 is 2.40 bits per heavy atom. The highest BCUT2D eigenvalue weighted by Gasteiger charge is 2.06. The molecule has 0 heterocycles. The van der Waals surface area contributed by atoms with E-state index in [0.29, 0.717) is 12.1 Å². The number of aliphatic hydroxyl groups is 1. The van der Waals surface area contributed by atoms with E-state index in [2.05, 4.69) is 10.2 Å². The van der Waals surface area contributed by atoms with Gasteiger partial charge in [0.15, 0.2) is 0 Å². The van der Waals surface area contributed by atoms with E-state index in [9.17, 15) is 4.79 Å². The molecule has 4 nitrogen and oxygen atoms in total. The Morgan fingerprint density at radius 1 is 1.47 bits per heavy atom. The van der Waals surface area contributed by atoms with Gasteiger partial charge in [0.2, 0.25) is 5.91 Å². The van der Waals surface area contributed by atoms with Crippen LogP contribution in [0.3, 0.4) is 0 Å². The van der Waals surface area contributed by atoms with Crippen molar-refractivity contribution in [3.8, 4) is 0 Å². The summed E-state index contributed by atoms with van der Waals surface area (Å²) in [7, 11) is 0. The van der Waals surface area contributed by atoms with Crippen molar-refractivity contribution >= 4 is 5.91 Å². The third kappa shape index (κ3) is 6.12. The van der Waals surface area contributed by atoms with Crippen LogP contribution in [-0.2, 0) is 4.79 Å². The standard InChI is InChI=1S/C11H22N2O2/c1-5-13(6-2)8-9(3)11(15)12-7-10(4)14/h8,10,14H,5-7H2,1-4H3,(H,12,15). The van der Waals surface area contributed by atoms with E-state index in [1.54, 1.807) is 13.8 Å². The zero-order valence-electron chi connectivity index (χ0n) is 10.1. The predicted octanol–water partition coefficient (Wildman–Crippen LogP) is 0.729. The molecule has 88 valence electrons. The van der Waals surface area contributed by atoms with Crippen molar-refractivity contribution in [2.75, 3.05) is 19.6 Å². The van der Waals surface area contributed by atoms with Gasteiger partial charge in [0, 0.05) is 31.4 Å². The molecule has 0 aliphatic rings. The molecular weight excluding hydrogens is 192 g/mol. The smallest absolute Gasteiger partial charge is 0.248 e. The molecular formula is C11H22N2O2. The van der Waals surface area contributed by atoms with Gasteiger partial charge in [0.1, 0.15) is 0 Å². The minimum atomic E-state index is -0.504. The number of hydrogen-bond donors (Lipinski definition) is 2. The van der Waals surface area contributed by atoms with Crippen molar-refractivity contribution in [2.45, 2.75) is 33.8 Å². The van der Waals surface area contributed by atoms with E-state index in [0.717, 1.165) is 13.1 Å². The van der Waals surface area contributed by atoms with Crippen molar-refractivity contribution < 1.29 is 9.90 Å².